The molecule has 1 heterocycles. The van der Waals surface area contributed by atoms with E-state index in [0.29, 0.717) is 11.4 Å². The van der Waals surface area contributed by atoms with Gasteiger partial charge in [0.2, 0.25) is 5.91 Å². The Kier molecular flexibility index (Phi) is 5.20. The number of hydrogen-bond acceptors (Lipinski definition) is 3. The van der Waals surface area contributed by atoms with Gasteiger partial charge in [0.05, 0.1) is 12.6 Å². The van der Waals surface area contributed by atoms with E-state index in [-0.39, 0.29) is 12.0 Å². The van der Waals surface area contributed by atoms with Crippen molar-refractivity contribution in [1.82, 2.24) is 10.2 Å². The molecule has 0 radical (unpaired) electrons. The number of aliphatic hydroxyl groups excluding tert-OH is 1. The van der Waals surface area contributed by atoms with Gasteiger partial charge in [-0.1, -0.05) is 13.8 Å². The molecule has 112 valence electrons. The summed E-state index contributed by atoms with van der Waals surface area (Å²) in [6, 6.07) is -0.629. The van der Waals surface area contributed by atoms with E-state index in [1.807, 2.05) is 13.8 Å². The minimum absolute atomic E-state index is 0.299. The molecule has 1 unspecified atom stereocenters. The monoisotopic (exact) mass is 282 g/mol. The van der Waals surface area contributed by atoms with E-state index >= 15 is 0 Å². The van der Waals surface area contributed by atoms with E-state index in [2.05, 4.69) is 5.32 Å². The van der Waals surface area contributed by atoms with Crippen LogP contribution in [0.4, 0.5) is 13.2 Å². The quantitative estimate of drug-likeness (QED) is 0.813. The van der Waals surface area contributed by atoms with E-state index in [1.54, 1.807) is 0 Å². The van der Waals surface area contributed by atoms with Gasteiger partial charge in [0.15, 0.2) is 0 Å². The largest absolute Gasteiger partial charge is 0.406 e. The van der Waals surface area contributed by atoms with Crippen molar-refractivity contribution in [2.45, 2.75) is 38.9 Å². The van der Waals surface area contributed by atoms with Crippen molar-refractivity contribution in [3.05, 3.63) is 0 Å². The molecule has 2 N–H and O–H groups in total. The first kappa shape index (κ1) is 16.2. The predicted molar refractivity (Wildman–Crippen MR) is 64.5 cm³/mol. The number of hydrogen-bond donors (Lipinski definition) is 2. The minimum atomic E-state index is -4.45. The zero-order chi connectivity index (χ0) is 14.7. The van der Waals surface area contributed by atoms with Gasteiger partial charge in [-0.3, -0.25) is 4.79 Å². The first-order valence-corrected chi connectivity index (χ1v) is 6.37. The van der Waals surface area contributed by atoms with Crippen molar-refractivity contribution in [3.8, 4) is 0 Å². The van der Waals surface area contributed by atoms with Crippen LogP contribution < -0.4 is 5.32 Å². The van der Waals surface area contributed by atoms with Crippen LogP contribution in [0.3, 0.4) is 0 Å². The molecule has 1 fully saturated rings. The van der Waals surface area contributed by atoms with Gasteiger partial charge in [0.25, 0.3) is 0 Å². The van der Waals surface area contributed by atoms with Gasteiger partial charge in [-0.15, -0.1) is 0 Å². The standard InChI is InChI=1S/C12H21F3N2O2/c1-11(2)4-3-5-16-9(11)10(19)17(6-7-18)8-12(13,14)15/h9,16,18H,3-8H2,1-2H3. The van der Waals surface area contributed by atoms with Gasteiger partial charge in [-0.2, -0.15) is 13.2 Å². The number of aliphatic hydroxyl groups is 1. The van der Waals surface area contributed by atoms with Gasteiger partial charge >= 0.3 is 6.18 Å². The van der Waals surface area contributed by atoms with Gasteiger partial charge < -0.3 is 15.3 Å². The molecule has 1 saturated heterocycles. The molecular formula is C12H21F3N2O2. The molecular weight excluding hydrogens is 261 g/mol. The lowest BCUT2D eigenvalue weighted by Gasteiger charge is -2.40. The number of carbonyl (C=O) groups excluding carboxylic acids is 1. The third-order valence-electron chi connectivity index (χ3n) is 3.43. The summed E-state index contributed by atoms with van der Waals surface area (Å²) in [7, 11) is 0. The topological polar surface area (TPSA) is 52.6 Å². The Morgan fingerprint density at radius 2 is 2.11 bits per heavy atom. The summed E-state index contributed by atoms with van der Waals surface area (Å²) in [5.41, 5.74) is -0.380. The van der Waals surface area contributed by atoms with E-state index < -0.39 is 31.3 Å². The lowest BCUT2D eigenvalue weighted by molar-refractivity contribution is -0.165. The SMILES string of the molecule is CC1(C)CCCNC1C(=O)N(CCO)CC(F)(F)F. The Morgan fingerprint density at radius 3 is 2.58 bits per heavy atom. The minimum Gasteiger partial charge on any atom is -0.395 e. The summed E-state index contributed by atoms with van der Waals surface area (Å²) in [4.78, 5) is 12.9. The lowest BCUT2D eigenvalue weighted by Crippen LogP contribution is -2.58. The summed E-state index contributed by atoms with van der Waals surface area (Å²) < 4.78 is 37.4. The highest BCUT2D eigenvalue weighted by atomic mass is 19.4. The molecule has 0 aliphatic carbocycles. The van der Waals surface area contributed by atoms with Crippen LogP contribution in [0, 0.1) is 5.41 Å². The number of amides is 1. The third kappa shape index (κ3) is 4.65. The summed E-state index contributed by atoms with van der Waals surface area (Å²) in [5.74, 6) is -0.587. The first-order valence-electron chi connectivity index (χ1n) is 6.37. The lowest BCUT2D eigenvalue weighted by atomic mass is 9.77. The van der Waals surface area contributed by atoms with Crippen LogP contribution in [0.15, 0.2) is 0 Å². The van der Waals surface area contributed by atoms with E-state index in [4.69, 9.17) is 5.11 Å². The predicted octanol–water partition coefficient (Wildman–Crippen LogP) is 1.15. The van der Waals surface area contributed by atoms with E-state index in [9.17, 15) is 18.0 Å². The van der Waals surface area contributed by atoms with Crippen molar-refractivity contribution in [2.75, 3.05) is 26.2 Å². The average Bonchev–Trinajstić information content (AvgIpc) is 2.25. The molecule has 0 aromatic heterocycles. The van der Waals surface area contributed by atoms with Gasteiger partial charge in [-0.05, 0) is 24.8 Å². The summed E-state index contributed by atoms with van der Waals surface area (Å²) in [6.45, 7) is 2.26. The maximum Gasteiger partial charge on any atom is 0.406 e. The number of nitrogens with one attached hydrogen (secondary N) is 1. The molecule has 19 heavy (non-hydrogen) atoms. The first-order chi connectivity index (χ1) is 8.67. The number of rotatable bonds is 4. The van der Waals surface area contributed by atoms with Crippen LogP contribution in [0.1, 0.15) is 26.7 Å². The average molecular weight is 282 g/mol. The number of nitrogens with zero attached hydrogens (tertiary/aromatic N) is 1. The summed E-state index contributed by atoms with van der Waals surface area (Å²) in [6.07, 6.45) is -2.77. The molecule has 4 nitrogen and oxygen atoms in total. The van der Waals surface area contributed by atoms with Gasteiger partial charge in [0.1, 0.15) is 6.54 Å². The molecule has 0 spiro atoms. The van der Waals surface area contributed by atoms with E-state index in [0.717, 1.165) is 12.8 Å². The van der Waals surface area contributed by atoms with Crippen LogP contribution in [-0.4, -0.2) is 54.4 Å². The smallest absolute Gasteiger partial charge is 0.395 e. The fourth-order valence-corrected chi connectivity index (χ4v) is 2.42. The summed E-state index contributed by atoms with van der Waals surface area (Å²) in [5, 5.41) is 11.8. The van der Waals surface area contributed by atoms with Crippen LogP contribution in [0.5, 0.6) is 0 Å². The highest BCUT2D eigenvalue weighted by molar-refractivity contribution is 5.83. The zero-order valence-corrected chi connectivity index (χ0v) is 11.3. The Balaban J connectivity index is 2.80. The zero-order valence-electron chi connectivity index (χ0n) is 11.3. The van der Waals surface area contributed by atoms with Crippen LogP contribution in [0.25, 0.3) is 0 Å². The van der Waals surface area contributed by atoms with Crippen LogP contribution in [0.2, 0.25) is 0 Å². The Morgan fingerprint density at radius 1 is 1.47 bits per heavy atom. The molecule has 7 heteroatoms. The Bertz CT molecular complexity index is 319. The van der Waals surface area contributed by atoms with Gasteiger partial charge in [0, 0.05) is 6.54 Å². The van der Waals surface area contributed by atoms with Crippen molar-refractivity contribution in [2.24, 2.45) is 5.41 Å². The summed E-state index contributed by atoms with van der Waals surface area (Å²) >= 11 is 0. The molecule has 1 amide bonds. The molecule has 0 aromatic rings. The Labute approximate surface area is 111 Å². The maximum absolute atomic E-state index is 12.5. The maximum atomic E-state index is 12.5. The fourth-order valence-electron chi connectivity index (χ4n) is 2.42. The van der Waals surface area contributed by atoms with Crippen molar-refractivity contribution >= 4 is 5.91 Å². The molecule has 0 saturated carbocycles. The highest BCUT2D eigenvalue weighted by Crippen LogP contribution is 2.31. The number of carbonyl (C=O) groups is 1. The molecule has 1 aliphatic heterocycles. The molecule has 1 atom stereocenters. The normalized spacial score (nSPS) is 23.2. The fraction of sp³-hybridized carbons (Fsp3) is 0.917. The highest BCUT2D eigenvalue weighted by Gasteiger charge is 2.41. The molecule has 1 rings (SSSR count). The molecule has 1 aliphatic rings. The van der Waals surface area contributed by atoms with Crippen molar-refractivity contribution in [1.29, 1.82) is 0 Å². The van der Waals surface area contributed by atoms with Crippen LogP contribution in [-0.2, 0) is 4.79 Å². The second-order valence-electron chi connectivity index (χ2n) is 5.58. The van der Waals surface area contributed by atoms with Crippen molar-refractivity contribution in [3.63, 3.8) is 0 Å². The second kappa shape index (κ2) is 6.09. The second-order valence-corrected chi connectivity index (χ2v) is 5.58. The third-order valence-corrected chi connectivity index (χ3v) is 3.43. The van der Waals surface area contributed by atoms with Crippen molar-refractivity contribution < 1.29 is 23.1 Å². The van der Waals surface area contributed by atoms with Crippen LogP contribution >= 0.6 is 0 Å². The Hall–Kier alpha value is -0.820. The molecule has 0 aromatic carbocycles. The van der Waals surface area contributed by atoms with E-state index in [1.165, 1.54) is 0 Å². The van der Waals surface area contributed by atoms with Gasteiger partial charge in [-0.25, -0.2) is 0 Å². The number of piperidine rings is 1. The number of halogens is 3. The number of alkyl halides is 3. The molecule has 0 bridgehead atoms.